The van der Waals surface area contributed by atoms with Crippen LogP contribution in [0.1, 0.15) is 33.9 Å². The monoisotopic (exact) mass is 512 g/mol. The number of likely N-dealkylation sites (tertiary alicyclic amines) is 1. The van der Waals surface area contributed by atoms with Crippen LogP contribution in [0.2, 0.25) is 0 Å². The summed E-state index contributed by atoms with van der Waals surface area (Å²) in [4.78, 5) is 33.2. The molecule has 2 aromatic carbocycles. The Balaban J connectivity index is 1.31. The number of rotatable bonds is 6. The van der Waals surface area contributed by atoms with Gasteiger partial charge in [-0.05, 0) is 11.6 Å². The largest absolute Gasteiger partial charge is 0.373 e. The van der Waals surface area contributed by atoms with Crippen LogP contribution >= 0.6 is 0 Å². The first-order valence-corrected chi connectivity index (χ1v) is 12.5. The number of aliphatic hydroxyl groups is 1. The SMILES string of the molecule is CN1CC[C@@](O)(c2cc(-c3cccc(-c4nc(C(N)=O)c5n4CCN(Cc4ccccc4)C5)c3)no2)C1=O. The maximum Gasteiger partial charge on any atom is 0.269 e. The molecule has 2 aliphatic rings. The van der Waals surface area contributed by atoms with Crippen molar-refractivity contribution in [3.63, 3.8) is 0 Å². The molecule has 3 N–H and O–H groups in total. The molecule has 6 rings (SSSR count). The van der Waals surface area contributed by atoms with Gasteiger partial charge >= 0.3 is 0 Å². The number of likely N-dealkylation sites (N-methyl/N-ethyl adjacent to an activating group) is 1. The summed E-state index contributed by atoms with van der Waals surface area (Å²) in [7, 11) is 1.65. The summed E-state index contributed by atoms with van der Waals surface area (Å²) in [6, 6.07) is 19.4. The number of hydrogen-bond donors (Lipinski definition) is 2. The van der Waals surface area contributed by atoms with Crippen molar-refractivity contribution in [1.29, 1.82) is 0 Å². The second-order valence-electron chi connectivity index (χ2n) is 9.94. The van der Waals surface area contributed by atoms with E-state index < -0.39 is 17.4 Å². The van der Waals surface area contributed by atoms with E-state index in [1.807, 2.05) is 42.5 Å². The molecule has 1 saturated heterocycles. The van der Waals surface area contributed by atoms with E-state index in [1.54, 1.807) is 13.1 Å². The molecule has 10 heteroatoms. The highest BCUT2D eigenvalue weighted by Gasteiger charge is 2.48. The number of primary amides is 1. The van der Waals surface area contributed by atoms with E-state index in [1.165, 1.54) is 10.5 Å². The number of aromatic nitrogens is 3. The summed E-state index contributed by atoms with van der Waals surface area (Å²) in [6.07, 6.45) is 0.244. The van der Waals surface area contributed by atoms with Crippen LogP contribution in [-0.4, -0.2) is 61.6 Å². The molecule has 0 bridgehead atoms. The third-order valence-electron chi connectivity index (χ3n) is 7.41. The Morgan fingerprint density at radius 3 is 2.61 bits per heavy atom. The third-order valence-corrected chi connectivity index (χ3v) is 7.41. The Kier molecular flexibility index (Phi) is 5.85. The van der Waals surface area contributed by atoms with E-state index >= 15 is 0 Å². The standard InChI is InChI=1S/C28H28N6O4/c1-32-11-10-28(37,27(32)36)23-15-21(31-38-23)19-8-5-9-20(14-19)26-30-24(25(29)35)22-17-33(12-13-34(22)26)16-18-6-3-2-4-7-18/h2-9,14-15,37H,10-13,16-17H2,1H3,(H2,29,35)/t28-/m1/s1. The molecule has 2 aliphatic heterocycles. The minimum absolute atomic E-state index is 0.125. The summed E-state index contributed by atoms with van der Waals surface area (Å²) in [6.45, 7) is 3.24. The molecular weight excluding hydrogens is 484 g/mol. The maximum absolute atomic E-state index is 12.5. The van der Waals surface area contributed by atoms with Gasteiger partial charge in [-0.1, -0.05) is 53.7 Å². The number of benzene rings is 2. The second-order valence-corrected chi connectivity index (χ2v) is 9.94. The number of nitrogens with zero attached hydrogens (tertiary/aromatic N) is 5. The molecule has 0 aliphatic carbocycles. The molecule has 194 valence electrons. The number of fused-ring (bicyclic) bond motifs is 1. The molecule has 38 heavy (non-hydrogen) atoms. The Morgan fingerprint density at radius 1 is 1.08 bits per heavy atom. The van der Waals surface area contributed by atoms with Crippen molar-refractivity contribution in [2.45, 2.75) is 31.7 Å². The minimum Gasteiger partial charge on any atom is -0.373 e. The lowest BCUT2D eigenvalue weighted by atomic mass is 9.98. The molecule has 0 unspecified atom stereocenters. The van der Waals surface area contributed by atoms with Crippen LogP contribution in [0.15, 0.2) is 65.2 Å². The Hall–Kier alpha value is -4.28. The van der Waals surface area contributed by atoms with Crippen molar-refractivity contribution in [2.75, 3.05) is 20.1 Å². The van der Waals surface area contributed by atoms with Gasteiger partial charge in [0.25, 0.3) is 11.8 Å². The highest BCUT2D eigenvalue weighted by atomic mass is 16.5. The van der Waals surface area contributed by atoms with Gasteiger partial charge in [0.2, 0.25) is 5.60 Å². The molecule has 2 aromatic heterocycles. The van der Waals surface area contributed by atoms with Gasteiger partial charge < -0.3 is 24.8 Å². The van der Waals surface area contributed by atoms with Gasteiger partial charge in [0.05, 0.1) is 5.69 Å². The molecule has 4 heterocycles. The topological polar surface area (TPSA) is 131 Å². The third kappa shape index (κ3) is 4.07. The Morgan fingerprint density at radius 2 is 1.87 bits per heavy atom. The summed E-state index contributed by atoms with van der Waals surface area (Å²) in [5, 5.41) is 15.0. The maximum atomic E-state index is 12.5. The molecule has 1 fully saturated rings. The molecule has 10 nitrogen and oxygen atoms in total. The van der Waals surface area contributed by atoms with E-state index in [9.17, 15) is 14.7 Å². The predicted molar refractivity (Wildman–Crippen MR) is 138 cm³/mol. The zero-order valence-corrected chi connectivity index (χ0v) is 21.0. The molecule has 1 atom stereocenters. The molecule has 2 amide bonds. The van der Waals surface area contributed by atoms with E-state index in [0.29, 0.717) is 31.2 Å². The fourth-order valence-electron chi connectivity index (χ4n) is 5.32. The lowest BCUT2D eigenvalue weighted by Crippen LogP contribution is -2.35. The Labute approximate surface area is 219 Å². The van der Waals surface area contributed by atoms with Gasteiger partial charge in [-0.3, -0.25) is 14.5 Å². The number of nitrogens with two attached hydrogens (primary N) is 1. The van der Waals surface area contributed by atoms with Crippen LogP contribution in [0.25, 0.3) is 22.6 Å². The van der Waals surface area contributed by atoms with Gasteiger partial charge in [-0.25, -0.2) is 4.98 Å². The fourth-order valence-corrected chi connectivity index (χ4v) is 5.32. The number of hydrogen-bond acceptors (Lipinski definition) is 7. The number of carbonyl (C=O) groups excluding carboxylic acids is 2. The number of carbonyl (C=O) groups is 2. The molecule has 0 spiro atoms. The van der Waals surface area contributed by atoms with E-state index in [-0.39, 0.29) is 17.9 Å². The van der Waals surface area contributed by atoms with Gasteiger partial charge in [-0.2, -0.15) is 0 Å². The van der Waals surface area contributed by atoms with Crippen molar-refractivity contribution < 1.29 is 19.2 Å². The number of imidazole rings is 1. The normalized spacial score (nSPS) is 19.6. The first-order chi connectivity index (χ1) is 18.3. The van der Waals surface area contributed by atoms with E-state index in [0.717, 1.165) is 29.9 Å². The lowest BCUT2D eigenvalue weighted by Gasteiger charge is -2.29. The predicted octanol–water partition coefficient (Wildman–Crippen LogP) is 2.37. The second kappa shape index (κ2) is 9.23. The van der Waals surface area contributed by atoms with E-state index in [4.69, 9.17) is 10.3 Å². The molecular formula is C28H28N6O4. The summed E-state index contributed by atoms with van der Waals surface area (Å²) < 4.78 is 7.48. The van der Waals surface area contributed by atoms with Crippen molar-refractivity contribution in [3.05, 3.63) is 83.4 Å². The number of amides is 2. The summed E-state index contributed by atoms with van der Waals surface area (Å²) in [5.41, 5.74) is 8.34. The van der Waals surface area contributed by atoms with Gasteiger partial charge in [0.15, 0.2) is 11.5 Å². The first-order valence-electron chi connectivity index (χ1n) is 12.5. The van der Waals surface area contributed by atoms with Crippen molar-refractivity contribution in [2.24, 2.45) is 5.73 Å². The highest BCUT2D eigenvalue weighted by molar-refractivity contribution is 5.93. The smallest absolute Gasteiger partial charge is 0.269 e. The zero-order chi connectivity index (χ0) is 26.4. The van der Waals surface area contributed by atoms with Crippen molar-refractivity contribution >= 4 is 11.8 Å². The van der Waals surface area contributed by atoms with Crippen LogP contribution in [0, 0.1) is 0 Å². The average molecular weight is 513 g/mol. The molecule has 0 radical (unpaired) electrons. The van der Waals surface area contributed by atoms with Crippen LogP contribution in [0.3, 0.4) is 0 Å². The lowest BCUT2D eigenvalue weighted by molar-refractivity contribution is -0.144. The first kappa shape index (κ1) is 24.1. The zero-order valence-electron chi connectivity index (χ0n) is 21.0. The van der Waals surface area contributed by atoms with Gasteiger partial charge in [-0.15, -0.1) is 0 Å². The van der Waals surface area contributed by atoms with Crippen LogP contribution < -0.4 is 5.73 Å². The van der Waals surface area contributed by atoms with Crippen LogP contribution in [0.4, 0.5) is 0 Å². The van der Waals surface area contributed by atoms with Gasteiger partial charge in [0, 0.05) is 63.4 Å². The Bertz CT molecular complexity index is 1530. The summed E-state index contributed by atoms with van der Waals surface area (Å²) >= 11 is 0. The van der Waals surface area contributed by atoms with Crippen molar-refractivity contribution in [1.82, 2.24) is 24.5 Å². The van der Waals surface area contributed by atoms with E-state index in [2.05, 4.69) is 31.7 Å². The fraction of sp³-hybridized carbons (Fsp3) is 0.286. The minimum atomic E-state index is -1.71. The van der Waals surface area contributed by atoms with Gasteiger partial charge in [0.1, 0.15) is 11.5 Å². The van der Waals surface area contributed by atoms with Crippen molar-refractivity contribution in [3.8, 4) is 22.6 Å². The van der Waals surface area contributed by atoms with Crippen LogP contribution in [0.5, 0.6) is 0 Å². The highest BCUT2D eigenvalue weighted by Crippen LogP contribution is 2.36. The van der Waals surface area contributed by atoms with Crippen LogP contribution in [-0.2, 0) is 30.0 Å². The molecule has 4 aromatic rings. The molecule has 0 saturated carbocycles. The summed E-state index contributed by atoms with van der Waals surface area (Å²) in [5.74, 6) is -0.179. The quantitative estimate of drug-likeness (QED) is 0.406. The average Bonchev–Trinajstić information content (AvgIpc) is 3.63.